The lowest BCUT2D eigenvalue weighted by molar-refractivity contribution is 0.284. The third-order valence-electron chi connectivity index (χ3n) is 3.56. The fourth-order valence-corrected chi connectivity index (χ4v) is 2.20. The zero-order chi connectivity index (χ0) is 19.0. The van der Waals surface area contributed by atoms with E-state index in [0.29, 0.717) is 37.1 Å². The first-order chi connectivity index (χ1) is 12.8. The van der Waals surface area contributed by atoms with Gasteiger partial charge >= 0.3 is 5.69 Å². The Labute approximate surface area is 156 Å². The van der Waals surface area contributed by atoms with Crippen molar-refractivity contribution in [3.8, 4) is 17.2 Å². The Morgan fingerprint density at radius 3 is 1.58 bits per heavy atom. The minimum atomic E-state index is 0.278. The highest BCUT2D eigenvalue weighted by Gasteiger charge is 2.25. The molecule has 0 fully saturated rings. The minimum Gasteiger partial charge on any atom is -0.493 e. The van der Waals surface area contributed by atoms with Crippen molar-refractivity contribution in [3.63, 3.8) is 0 Å². The number of ether oxygens (including phenoxy) is 3. The highest BCUT2D eigenvalue weighted by atomic mass is 16.5. The fraction of sp³-hybridized carbons (Fsp3) is 0.429. The van der Waals surface area contributed by atoms with Crippen molar-refractivity contribution < 1.29 is 14.2 Å². The van der Waals surface area contributed by atoms with Crippen molar-refractivity contribution >= 4 is 5.69 Å². The van der Waals surface area contributed by atoms with Crippen LogP contribution in [-0.4, -0.2) is 19.8 Å². The highest BCUT2D eigenvalue weighted by molar-refractivity contribution is 5.69. The van der Waals surface area contributed by atoms with Gasteiger partial charge in [-0.2, -0.15) is 0 Å². The van der Waals surface area contributed by atoms with Gasteiger partial charge in [-0.25, -0.2) is 0 Å². The first-order valence-electron chi connectivity index (χ1n) is 9.01. The third kappa shape index (κ3) is 7.89. The first kappa shape index (κ1) is 21.3. The molecule has 5 nitrogen and oxygen atoms in total. The summed E-state index contributed by atoms with van der Waals surface area (Å²) in [6.07, 6.45) is 10.7. The molecule has 0 aliphatic heterocycles. The summed E-state index contributed by atoms with van der Waals surface area (Å²) in [5, 5.41) is 9.42. The Balaban J connectivity index is 2.90. The second kappa shape index (κ2) is 13.5. The van der Waals surface area contributed by atoms with Crippen molar-refractivity contribution in [1.82, 2.24) is 0 Å². The Morgan fingerprint density at radius 1 is 0.769 bits per heavy atom. The van der Waals surface area contributed by atoms with Crippen LogP contribution in [0.4, 0.5) is 5.69 Å². The van der Waals surface area contributed by atoms with E-state index in [4.69, 9.17) is 14.2 Å². The molecule has 0 atom stereocenters. The van der Waals surface area contributed by atoms with Gasteiger partial charge in [0.05, 0.1) is 19.8 Å². The molecule has 5 heteroatoms. The van der Waals surface area contributed by atoms with Crippen LogP contribution in [0.1, 0.15) is 38.5 Å². The highest BCUT2D eigenvalue weighted by Crippen LogP contribution is 2.41. The molecule has 1 aromatic carbocycles. The summed E-state index contributed by atoms with van der Waals surface area (Å²) < 4.78 is 17.3. The molecule has 0 aromatic heterocycles. The molecule has 0 radical (unpaired) electrons. The van der Waals surface area contributed by atoms with E-state index >= 15 is 0 Å². The van der Waals surface area contributed by atoms with E-state index in [-0.39, 0.29) is 5.69 Å². The predicted octanol–water partition coefficient (Wildman–Crippen LogP) is 6.21. The average Bonchev–Trinajstić information content (AvgIpc) is 2.66. The first-order valence-corrected chi connectivity index (χ1v) is 9.01. The van der Waals surface area contributed by atoms with Crippen molar-refractivity contribution in [2.75, 3.05) is 19.8 Å². The van der Waals surface area contributed by atoms with Crippen molar-refractivity contribution in [2.24, 2.45) is 0 Å². The molecule has 0 unspecified atom stereocenters. The maximum Gasteiger partial charge on any atom is 0.467 e. The van der Waals surface area contributed by atoms with Crippen LogP contribution in [0.3, 0.4) is 0 Å². The summed E-state index contributed by atoms with van der Waals surface area (Å²) in [6.45, 7) is 12.6. The lowest BCUT2D eigenvalue weighted by Crippen LogP contribution is -2.02. The number of rotatable bonds is 15. The molecule has 0 saturated heterocycles. The summed E-state index contributed by atoms with van der Waals surface area (Å²) in [7, 11) is 0. The maximum absolute atomic E-state index is 9.42. The number of nitrogens with zero attached hydrogens (tertiary/aromatic N) is 2. The van der Waals surface area contributed by atoms with Gasteiger partial charge in [0.2, 0.25) is 16.9 Å². The van der Waals surface area contributed by atoms with Gasteiger partial charge in [-0.3, -0.25) is 0 Å². The normalized spacial score (nSPS) is 9.81. The summed E-state index contributed by atoms with van der Waals surface area (Å²) in [4.78, 5) is 3.36. The van der Waals surface area contributed by atoms with Crippen LogP contribution in [0, 0.1) is 5.39 Å². The molecule has 140 valence electrons. The van der Waals surface area contributed by atoms with E-state index in [1.165, 1.54) is 0 Å². The molecule has 26 heavy (non-hydrogen) atoms. The van der Waals surface area contributed by atoms with Gasteiger partial charge in [0, 0.05) is 12.1 Å². The Morgan fingerprint density at radius 2 is 1.19 bits per heavy atom. The average molecular weight is 357 g/mol. The Kier molecular flexibility index (Phi) is 11.1. The lowest BCUT2D eigenvalue weighted by Gasteiger charge is -2.11. The van der Waals surface area contributed by atoms with Gasteiger partial charge in [0.25, 0.3) is 0 Å². The molecule has 0 saturated carbocycles. The van der Waals surface area contributed by atoms with E-state index in [1.807, 2.05) is 18.2 Å². The monoisotopic (exact) mass is 357 g/mol. The van der Waals surface area contributed by atoms with E-state index in [9.17, 15) is 5.39 Å². The summed E-state index contributed by atoms with van der Waals surface area (Å²) in [6, 6.07) is 3.46. The quantitative estimate of drug-likeness (QED) is 0.213. The molecular weight excluding hydrogens is 328 g/mol. The Bertz CT molecular complexity index is 583. The molecule has 0 bridgehead atoms. The molecule has 0 spiro atoms. The van der Waals surface area contributed by atoms with Crippen LogP contribution < -0.4 is 14.2 Å². The van der Waals surface area contributed by atoms with Crippen molar-refractivity contribution in [1.29, 1.82) is 5.39 Å². The predicted molar refractivity (Wildman–Crippen MR) is 106 cm³/mol. The van der Waals surface area contributed by atoms with E-state index < -0.39 is 0 Å². The molecule has 0 heterocycles. The number of hydrogen-bond donors (Lipinski definition) is 0. The summed E-state index contributed by atoms with van der Waals surface area (Å²) in [5.74, 6) is 1.51. The van der Waals surface area contributed by atoms with Crippen LogP contribution in [-0.2, 0) is 0 Å². The van der Waals surface area contributed by atoms with Crippen LogP contribution in [0.5, 0.6) is 17.2 Å². The topological polar surface area (TPSA) is 55.8 Å². The van der Waals surface area contributed by atoms with Crippen LogP contribution in [0.25, 0.3) is 4.98 Å². The zero-order valence-electron chi connectivity index (χ0n) is 15.5. The van der Waals surface area contributed by atoms with Gasteiger partial charge in [-0.1, -0.05) is 18.2 Å². The smallest absolute Gasteiger partial charge is 0.467 e. The number of hydrogen-bond acceptors (Lipinski definition) is 4. The number of benzene rings is 1. The third-order valence-corrected chi connectivity index (χ3v) is 3.56. The second-order valence-electron chi connectivity index (χ2n) is 5.71. The second-order valence-corrected chi connectivity index (χ2v) is 5.71. The standard InChI is InChI=1S/C21H29N2O3/c1-4-7-10-13-24-18-16-19(25-14-11-8-5-2)21(23-22)20(17-18)26-15-12-9-6-3/h4-6,16-17H,1-3,7-15H2/q+1. The molecular formula is C21H29N2O3+. The molecule has 0 N–H and O–H groups in total. The molecule has 0 aliphatic carbocycles. The lowest BCUT2D eigenvalue weighted by atomic mass is 10.2. The number of allylic oxidation sites excluding steroid dienone is 3. The number of diazo groups is 1. The van der Waals surface area contributed by atoms with Gasteiger partial charge < -0.3 is 14.2 Å². The van der Waals surface area contributed by atoms with Crippen LogP contribution in [0.15, 0.2) is 50.1 Å². The van der Waals surface area contributed by atoms with Crippen molar-refractivity contribution in [3.05, 3.63) is 55.1 Å². The fourth-order valence-electron chi connectivity index (χ4n) is 2.20. The van der Waals surface area contributed by atoms with Crippen LogP contribution >= 0.6 is 0 Å². The van der Waals surface area contributed by atoms with Gasteiger partial charge in [0.15, 0.2) is 4.98 Å². The molecule has 0 aliphatic rings. The molecule has 1 aromatic rings. The van der Waals surface area contributed by atoms with E-state index in [2.05, 4.69) is 24.7 Å². The van der Waals surface area contributed by atoms with Gasteiger partial charge in [-0.05, 0) is 38.5 Å². The maximum atomic E-state index is 9.42. The summed E-state index contributed by atoms with van der Waals surface area (Å²) >= 11 is 0. The van der Waals surface area contributed by atoms with E-state index in [0.717, 1.165) is 38.5 Å². The zero-order valence-corrected chi connectivity index (χ0v) is 15.5. The SMILES string of the molecule is C=CCCCOc1cc(OCCCC=C)c([N+]#N)c(OCCCC=C)c1. The summed E-state index contributed by atoms with van der Waals surface area (Å²) in [5.41, 5.74) is 0.278. The Hall–Kier alpha value is -2.74. The van der Waals surface area contributed by atoms with Crippen LogP contribution in [0.2, 0.25) is 0 Å². The minimum absolute atomic E-state index is 0.278. The van der Waals surface area contributed by atoms with Crippen molar-refractivity contribution in [2.45, 2.75) is 38.5 Å². The van der Waals surface area contributed by atoms with Gasteiger partial charge in [0.1, 0.15) is 5.75 Å². The number of unbranched alkanes of at least 4 members (excludes halogenated alkanes) is 3. The van der Waals surface area contributed by atoms with Gasteiger partial charge in [-0.15, -0.1) is 19.7 Å². The van der Waals surface area contributed by atoms with E-state index in [1.54, 1.807) is 12.1 Å². The molecule has 1 rings (SSSR count). The molecule has 0 amide bonds. The largest absolute Gasteiger partial charge is 0.493 e.